The number of nitrogens with zero attached hydrogens (tertiary/aromatic N) is 1. The van der Waals surface area contributed by atoms with E-state index in [1.807, 2.05) is 0 Å². The molecule has 4 aliphatic rings. The van der Waals surface area contributed by atoms with Crippen molar-refractivity contribution >= 4 is 5.91 Å². The van der Waals surface area contributed by atoms with Gasteiger partial charge < -0.3 is 4.90 Å². The van der Waals surface area contributed by atoms with Gasteiger partial charge in [0.05, 0.1) is 0 Å². The van der Waals surface area contributed by atoms with Gasteiger partial charge in [-0.25, -0.2) is 8.78 Å². The Bertz CT molecular complexity index is 402. The van der Waals surface area contributed by atoms with Gasteiger partial charge in [0.15, 0.2) is 0 Å². The van der Waals surface area contributed by atoms with Crippen molar-refractivity contribution in [1.29, 1.82) is 0 Å². The fourth-order valence-electron chi connectivity index (χ4n) is 5.41. The van der Waals surface area contributed by atoms with E-state index in [-0.39, 0.29) is 12.0 Å². The predicted octanol–water partition coefficient (Wildman–Crippen LogP) is 3.56. The minimum Gasteiger partial charge on any atom is -0.340 e. The number of rotatable bonds is 4. The van der Waals surface area contributed by atoms with E-state index < -0.39 is 18.3 Å². The summed E-state index contributed by atoms with van der Waals surface area (Å²) in [6.45, 7) is 0.192. The van der Waals surface area contributed by atoms with E-state index in [2.05, 4.69) is 0 Å². The van der Waals surface area contributed by atoms with Crippen molar-refractivity contribution in [3.63, 3.8) is 0 Å². The van der Waals surface area contributed by atoms with Crippen molar-refractivity contribution in [2.45, 2.75) is 50.9 Å². The highest BCUT2D eigenvalue weighted by atomic mass is 19.3. The molecule has 4 saturated carbocycles. The standard InChI is InChI=1S/C15H21F4NO/c1-20(13(21)15(18,19)12(16)17)8-14-5-9-2-10(6-14)4-11(3-9)7-14/h9-12H,2-8H2,1H3. The molecule has 0 spiro atoms. The van der Waals surface area contributed by atoms with Gasteiger partial charge in [-0.1, -0.05) is 0 Å². The molecule has 0 aliphatic heterocycles. The third-order valence-corrected chi connectivity index (χ3v) is 5.64. The van der Waals surface area contributed by atoms with Crippen LogP contribution in [0.4, 0.5) is 17.6 Å². The van der Waals surface area contributed by atoms with Crippen LogP contribution in [-0.4, -0.2) is 36.7 Å². The van der Waals surface area contributed by atoms with Crippen molar-refractivity contribution in [2.75, 3.05) is 13.6 Å². The van der Waals surface area contributed by atoms with Crippen molar-refractivity contribution in [3.8, 4) is 0 Å². The lowest BCUT2D eigenvalue weighted by Gasteiger charge is -2.57. The smallest absolute Gasteiger partial charge is 0.340 e. The molecule has 2 nitrogen and oxygen atoms in total. The summed E-state index contributed by atoms with van der Waals surface area (Å²) in [4.78, 5) is 12.5. The SMILES string of the molecule is CN(CC12CC3CC(CC(C3)C1)C2)C(=O)C(F)(F)C(F)F. The van der Waals surface area contributed by atoms with Gasteiger partial charge in [0.25, 0.3) is 5.91 Å². The topological polar surface area (TPSA) is 20.3 Å². The fourth-order valence-corrected chi connectivity index (χ4v) is 5.41. The van der Waals surface area contributed by atoms with Gasteiger partial charge in [-0.05, 0) is 61.7 Å². The largest absolute Gasteiger partial charge is 0.383 e. The summed E-state index contributed by atoms with van der Waals surface area (Å²) >= 11 is 0. The Hall–Kier alpha value is -0.810. The van der Waals surface area contributed by atoms with E-state index in [4.69, 9.17) is 0 Å². The molecule has 0 radical (unpaired) electrons. The number of hydrogen-bond acceptors (Lipinski definition) is 1. The van der Waals surface area contributed by atoms with Crippen LogP contribution < -0.4 is 0 Å². The van der Waals surface area contributed by atoms with Crippen LogP contribution in [0, 0.1) is 23.2 Å². The van der Waals surface area contributed by atoms with Gasteiger partial charge in [0.1, 0.15) is 0 Å². The molecule has 0 atom stereocenters. The molecule has 0 saturated heterocycles. The summed E-state index contributed by atoms with van der Waals surface area (Å²) in [5, 5.41) is 0. The molecule has 21 heavy (non-hydrogen) atoms. The first kappa shape index (κ1) is 15.1. The van der Waals surface area contributed by atoms with Crippen LogP contribution in [0.25, 0.3) is 0 Å². The first-order valence-corrected chi connectivity index (χ1v) is 7.63. The van der Waals surface area contributed by atoms with Crippen LogP contribution in [0.15, 0.2) is 0 Å². The molecule has 6 heteroatoms. The molecule has 0 N–H and O–H groups in total. The van der Waals surface area contributed by atoms with E-state index in [1.165, 1.54) is 26.3 Å². The highest BCUT2D eigenvalue weighted by molar-refractivity contribution is 5.83. The lowest BCUT2D eigenvalue weighted by molar-refractivity contribution is -0.182. The lowest BCUT2D eigenvalue weighted by atomic mass is 9.49. The first-order chi connectivity index (χ1) is 9.72. The van der Waals surface area contributed by atoms with Crippen LogP contribution in [0.2, 0.25) is 0 Å². The minimum absolute atomic E-state index is 0.114. The summed E-state index contributed by atoms with van der Waals surface area (Å²) in [7, 11) is 1.23. The summed E-state index contributed by atoms with van der Waals surface area (Å²) in [5.74, 6) is -4.41. The fraction of sp³-hybridized carbons (Fsp3) is 0.933. The zero-order valence-corrected chi connectivity index (χ0v) is 12.1. The van der Waals surface area contributed by atoms with Gasteiger partial charge in [-0.3, -0.25) is 4.79 Å². The van der Waals surface area contributed by atoms with Crippen LogP contribution in [0.1, 0.15) is 38.5 Å². The van der Waals surface area contributed by atoms with E-state index in [1.54, 1.807) is 0 Å². The molecular formula is C15H21F4NO. The average Bonchev–Trinajstić information content (AvgIpc) is 2.35. The highest BCUT2D eigenvalue weighted by Gasteiger charge is 2.54. The number of carbonyl (C=O) groups excluding carboxylic acids is 1. The third kappa shape index (κ3) is 2.55. The molecule has 0 aromatic heterocycles. The maximum Gasteiger partial charge on any atom is 0.383 e. The molecule has 4 fully saturated rings. The summed E-state index contributed by atoms with van der Waals surface area (Å²) in [6.07, 6.45) is 2.56. The van der Waals surface area contributed by atoms with Gasteiger partial charge >= 0.3 is 12.3 Å². The van der Waals surface area contributed by atoms with E-state index in [9.17, 15) is 22.4 Å². The zero-order valence-electron chi connectivity index (χ0n) is 12.1. The molecule has 4 aliphatic carbocycles. The van der Waals surface area contributed by atoms with Crippen molar-refractivity contribution in [1.82, 2.24) is 4.90 Å². The Labute approximate surface area is 121 Å². The molecule has 120 valence electrons. The second kappa shape index (κ2) is 4.85. The highest BCUT2D eigenvalue weighted by Crippen LogP contribution is 2.60. The Balaban J connectivity index is 1.70. The van der Waals surface area contributed by atoms with Crippen LogP contribution >= 0.6 is 0 Å². The van der Waals surface area contributed by atoms with E-state index >= 15 is 0 Å². The molecule has 1 amide bonds. The molecule has 4 bridgehead atoms. The number of halogens is 4. The predicted molar refractivity (Wildman–Crippen MR) is 69.2 cm³/mol. The maximum absolute atomic E-state index is 13.2. The zero-order chi connectivity index (χ0) is 15.4. The second-order valence-corrected chi connectivity index (χ2v) is 7.50. The maximum atomic E-state index is 13.2. The second-order valence-electron chi connectivity index (χ2n) is 7.50. The molecular weight excluding hydrogens is 286 g/mol. The first-order valence-electron chi connectivity index (χ1n) is 7.63. The van der Waals surface area contributed by atoms with E-state index in [0.717, 1.165) is 24.2 Å². The Morgan fingerprint density at radius 1 is 1.14 bits per heavy atom. The normalized spacial score (nSPS) is 38.1. The lowest BCUT2D eigenvalue weighted by Crippen LogP contribution is -2.54. The molecule has 0 heterocycles. The molecule has 4 rings (SSSR count). The van der Waals surface area contributed by atoms with Crippen LogP contribution in [0.5, 0.6) is 0 Å². The quantitative estimate of drug-likeness (QED) is 0.727. The van der Waals surface area contributed by atoms with Crippen LogP contribution in [-0.2, 0) is 4.79 Å². The Morgan fingerprint density at radius 3 is 1.95 bits per heavy atom. The average molecular weight is 307 g/mol. The van der Waals surface area contributed by atoms with Gasteiger partial charge in [-0.2, -0.15) is 8.78 Å². The van der Waals surface area contributed by atoms with Gasteiger partial charge in [-0.15, -0.1) is 0 Å². The number of alkyl halides is 4. The summed E-state index contributed by atoms with van der Waals surface area (Å²) < 4.78 is 51.1. The van der Waals surface area contributed by atoms with Crippen molar-refractivity contribution < 1.29 is 22.4 Å². The number of hydrogen-bond donors (Lipinski definition) is 0. The Morgan fingerprint density at radius 2 is 1.57 bits per heavy atom. The monoisotopic (exact) mass is 307 g/mol. The Kier molecular flexibility index (Phi) is 3.49. The van der Waals surface area contributed by atoms with Crippen molar-refractivity contribution in [3.05, 3.63) is 0 Å². The summed E-state index contributed by atoms with van der Waals surface area (Å²) in [6, 6.07) is 0. The number of carbonyl (C=O) groups is 1. The molecule has 0 unspecified atom stereocenters. The van der Waals surface area contributed by atoms with Crippen LogP contribution in [0.3, 0.4) is 0 Å². The molecule has 0 aromatic rings. The van der Waals surface area contributed by atoms with E-state index in [0.29, 0.717) is 17.8 Å². The third-order valence-electron chi connectivity index (χ3n) is 5.64. The minimum atomic E-state index is -4.57. The molecule has 0 aromatic carbocycles. The van der Waals surface area contributed by atoms with Gasteiger partial charge in [0, 0.05) is 13.6 Å². The van der Waals surface area contributed by atoms with Gasteiger partial charge in [0.2, 0.25) is 0 Å². The summed E-state index contributed by atoms with van der Waals surface area (Å²) in [5.41, 5.74) is -0.114. The van der Waals surface area contributed by atoms with Crippen molar-refractivity contribution in [2.24, 2.45) is 23.2 Å². The number of amides is 1.